The molecular formula is C13H15ClFNO3. The summed E-state index contributed by atoms with van der Waals surface area (Å²) >= 11 is 5.77. The maximum atomic E-state index is 13.8. The van der Waals surface area contributed by atoms with Crippen LogP contribution in [0.25, 0.3) is 0 Å². The van der Waals surface area contributed by atoms with E-state index in [-0.39, 0.29) is 17.6 Å². The Hall–Kier alpha value is -1.49. The number of hydrogen-bond donors (Lipinski definition) is 0. The van der Waals surface area contributed by atoms with Crippen LogP contribution in [0, 0.1) is 11.7 Å². The second-order valence-electron chi connectivity index (χ2n) is 4.39. The van der Waals surface area contributed by atoms with E-state index in [1.54, 1.807) is 0 Å². The smallest absolute Gasteiger partial charge is 0.227 e. The monoisotopic (exact) mass is 287 g/mol. The number of carbonyl (C=O) groups is 1. The Labute approximate surface area is 116 Å². The van der Waals surface area contributed by atoms with Crippen LogP contribution in [0.15, 0.2) is 12.1 Å². The van der Waals surface area contributed by atoms with Gasteiger partial charge in [0, 0.05) is 31.0 Å². The van der Waals surface area contributed by atoms with Gasteiger partial charge in [-0.25, -0.2) is 4.39 Å². The Kier molecular flexibility index (Phi) is 4.14. The summed E-state index contributed by atoms with van der Waals surface area (Å²) in [6, 6.07) is 2.69. The number of benzene rings is 1. The standard InChI is InChI=1S/C13H15ClFNO3/c1-18-11-5-12(19-2)10(4-9(11)15)16-7-8(6-14)3-13(16)17/h4-5,8H,3,6-7H2,1-2H3. The average molecular weight is 288 g/mol. The van der Waals surface area contributed by atoms with E-state index < -0.39 is 5.82 Å². The summed E-state index contributed by atoms with van der Waals surface area (Å²) in [5.41, 5.74) is 0.415. The molecule has 1 aromatic rings. The predicted molar refractivity (Wildman–Crippen MR) is 70.7 cm³/mol. The van der Waals surface area contributed by atoms with Gasteiger partial charge in [-0.1, -0.05) is 0 Å². The Morgan fingerprint density at radius 1 is 1.37 bits per heavy atom. The molecule has 6 heteroatoms. The molecule has 1 atom stereocenters. The highest BCUT2D eigenvalue weighted by Crippen LogP contribution is 2.37. The average Bonchev–Trinajstić information content (AvgIpc) is 2.79. The van der Waals surface area contributed by atoms with Gasteiger partial charge in [0.25, 0.3) is 0 Å². The maximum absolute atomic E-state index is 13.8. The fourth-order valence-corrected chi connectivity index (χ4v) is 2.38. The summed E-state index contributed by atoms with van der Waals surface area (Å²) in [5.74, 6) is 0.379. The van der Waals surface area contributed by atoms with Crippen molar-refractivity contribution in [3.63, 3.8) is 0 Å². The lowest BCUT2D eigenvalue weighted by Crippen LogP contribution is -2.25. The van der Waals surface area contributed by atoms with Gasteiger partial charge >= 0.3 is 0 Å². The number of methoxy groups -OCH3 is 2. The molecule has 0 spiro atoms. The zero-order chi connectivity index (χ0) is 14.0. The van der Waals surface area contributed by atoms with Crippen LogP contribution in [0.5, 0.6) is 11.5 Å². The zero-order valence-corrected chi connectivity index (χ0v) is 11.5. The Morgan fingerprint density at radius 2 is 2.05 bits per heavy atom. The van der Waals surface area contributed by atoms with Crippen molar-refractivity contribution < 1.29 is 18.7 Å². The first-order valence-electron chi connectivity index (χ1n) is 5.88. The molecule has 1 fully saturated rings. The van der Waals surface area contributed by atoms with Gasteiger partial charge in [-0.05, 0) is 5.92 Å². The second kappa shape index (κ2) is 5.65. The summed E-state index contributed by atoms with van der Waals surface area (Å²) < 4.78 is 23.9. The molecule has 19 heavy (non-hydrogen) atoms. The minimum absolute atomic E-state index is 0.0754. The van der Waals surface area contributed by atoms with E-state index in [4.69, 9.17) is 21.1 Å². The lowest BCUT2D eigenvalue weighted by Gasteiger charge is -2.20. The van der Waals surface area contributed by atoms with Crippen LogP contribution in [0.4, 0.5) is 10.1 Å². The predicted octanol–water partition coefficient (Wildman–Crippen LogP) is 2.43. The Morgan fingerprint density at radius 3 is 2.58 bits per heavy atom. The first kappa shape index (κ1) is 13.9. The van der Waals surface area contributed by atoms with Crippen LogP contribution in [0.2, 0.25) is 0 Å². The van der Waals surface area contributed by atoms with Crippen LogP contribution in [0.3, 0.4) is 0 Å². The van der Waals surface area contributed by atoms with E-state index in [9.17, 15) is 9.18 Å². The van der Waals surface area contributed by atoms with Crippen molar-refractivity contribution >= 4 is 23.2 Å². The highest BCUT2D eigenvalue weighted by molar-refractivity contribution is 6.18. The highest BCUT2D eigenvalue weighted by Gasteiger charge is 2.32. The molecule has 104 valence electrons. The molecule has 0 radical (unpaired) electrons. The molecule has 0 aromatic heterocycles. The highest BCUT2D eigenvalue weighted by atomic mass is 35.5. The van der Waals surface area contributed by atoms with Crippen LogP contribution in [0.1, 0.15) is 6.42 Å². The molecule has 2 rings (SSSR count). The number of halogens is 2. The Balaban J connectivity index is 2.39. The van der Waals surface area contributed by atoms with Crippen molar-refractivity contribution in [3.05, 3.63) is 17.9 Å². The summed E-state index contributed by atoms with van der Waals surface area (Å²) in [7, 11) is 2.85. The molecule has 0 bridgehead atoms. The third-order valence-corrected chi connectivity index (χ3v) is 3.60. The van der Waals surface area contributed by atoms with E-state index in [0.717, 1.165) is 0 Å². The van der Waals surface area contributed by atoms with Gasteiger partial charge in [-0.3, -0.25) is 4.79 Å². The van der Waals surface area contributed by atoms with Crippen LogP contribution in [-0.4, -0.2) is 32.6 Å². The van der Waals surface area contributed by atoms with E-state index in [0.29, 0.717) is 30.3 Å². The number of carbonyl (C=O) groups excluding carboxylic acids is 1. The number of hydrogen-bond acceptors (Lipinski definition) is 3. The second-order valence-corrected chi connectivity index (χ2v) is 4.70. The molecule has 4 nitrogen and oxygen atoms in total. The number of ether oxygens (including phenoxy) is 2. The van der Waals surface area contributed by atoms with Crippen LogP contribution >= 0.6 is 11.6 Å². The van der Waals surface area contributed by atoms with Crippen molar-refractivity contribution in [2.45, 2.75) is 6.42 Å². The summed E-state index contributed by atoms with van der Waals surface area (Å²) in [6.45, 7) is 0.477. The third kappa shape index (κ3) is 2.61. The molecule has 1 aliphatic rings. The number of amides is 1. The number of nitrogens with zero attached hydrogens (tertiary/aromatic N) is 1. The molecule has 1 saturated heterocycles. The van der Waals surface area contributed by atoms with Crippen molar-refractivity contribution in [2.24, 2.45) is 5.92 Å². The largest absolute Gasteiger partial charge is 0.494 e. The molecule has 0 saturated carbocycles. The van der Waals surface area contributed by atoms with Gasteiger partial charge in [-0.2, -0.15) is 0 Å². The van der Waals surface area contributed by atoms with E-state index in [1.165, 1.54) is 31.3 Å². The summed E-state index contributed by atoms with van der Waals surface area (Å²) in [6.07, 6.45) is 0.375. The minimum Gasteiger partial charge on any atom is -0.494 e. The first-order chi connectivity index (χ1) is 9.10. The minimum atomic E-state index is -0.527. The van der Waals surface area contributed by atoms with Crippen LogP contribution in [-0.2, 0) is 4.79 Å². The van der Waals surface area contributed by atoms with Crippen molar-refractivity contribution in [3.8, 4) is 11.5 Å². The topological polar surface area (TPSA) is 38.8 Å². The molecule has 0 N–H and O–H groups in total. The molecule has 0 aliphatic carbocycles. The van der Waals surface area contributed by atoms with Crippen molar-refractivity contribution in [1.82, 2.24) is 0 Å². The summed E-state index contributed by atoms with van der Waals surface area (Å²) in [5, 5.41) is 0. The number of rotatable bonds is 4. The molecule has 1 unspecified atom stereocenters. The normalized spacial score (nSPS) is 18.8. The fourth-order valence-electron chi connectivity index (χ4n) is 2.17. The third-order valence-electron chi connectivity index (χ3n) is 3.17. The van der Waals surface area contributed by atoms with Gasteiger partial charge in [0.05, 0.1) is 19.9 Å². The zero-order valence-electron chi connectivity index (χ0n) is 10.8. The fraction of sp³-hybridized carbons (Fsp3) is 0.462. The van der Waals surface area contributed by atoms with Gasteiger partial charge in [0.2, 0.25) is 5.91 Å². The van der Waals surface area contributed by atoms with E-state index >= 15 is 0 Å². The molecular weight excluding hydrogens is 273 g/mol. The van der Waals surface area contributed by atoms with Gasteiger partial charge < -0.3 is 14.4 Å². The molecule has 1 aromatic carbocycles. The van der Waals surface area contributed by atoms with Crippen molar-refractivity contribution in [2.75, 3.05) is 31.5 Å². The lowest BCUT2D eigenvalue weighted by atomic mass is 10.1. The summed E-state index contributed by atoms with van der Waals surface area (Å²) in [4.78, 5) is 13.4. The van der Waals surface area contributed by atoms with Gasteiger partial charge in [0.1, 0.15) is 5.75 Å². The maximum Gasteiger partial charge on any atom is 0.227 e. The molecule has 1 amide bonds. The quantitative estimate of drug-likeness (QED) is 0.799. The number of anilines is 1. The first-order valence-corrected chi connectivity index (χ1v) is 6.42. The van der Waals surface area contributed by atoms with Gasteiger partial charge in [0.15, 0.2) is 11.6 Å². The number of alkyl halides is 1. The Bertz CT molecular complexity index is 495. The van der Waals surface area contributed by atoms with Crippen LogP contribution < -0.4 is 14.4 Å². The molecule has 1 heterocycles. The van der Waals surface area contributed by atoms with Gasteiger partial charge in [-0.15, -0.1) is 11.6 Å². The lowest BCUT2D eigenvalue weighted by molar-refractivity contribution is -0.117. The van der Waals surface area contributed by atoms with E-state index in [2.05, 4.69) is 0 Å². The molecule has 1 aliphatic heterocycles. The SMILES string of the molecule is COc1cc(OC)c(N2CC(CCl)CC2=O)cc1F. The van der Waals surface area contributed by atoms with Crippen molar-refractivity contribution in [1.29, 1.82) is 0 Å². The van der Waals surface area contributed by atoms with E-state index in [1.807, 2.05) is 0 Å².